The van der Waals surface area contributed by atoms with Crippen LogP contribution >= 0.6 is 0 Å². The third-order valence-electron chi connectivity index (χ3n) is 4.07. The molecule has 1 saturated heterocycles. The van der Waals surface area contributed by atoms with Crippen molar-refractivity contribution in [3.05, 3.63) is 23.8 Å². The van der Waals surface area contributed by atoms with Crippen LogP contribution in [0, 0.1) is 0 Å². The summed E-state index contributed by atoms with van der Waals surface area (Å²) >= 11 is 0. The molecule has 1 aromatic carbocycles. The molecule has 0 radical (unpaired) electrons. The van der Waals surface area contributed by atoms with E-state index in [0.717, 1.165) is 31.5 Å². The third-order valence-corrected chi connectivity index (χ3v) is 5.93. The Labute approximate surface area is 126 Å². The van der Waals surface area contributed by atoms with Gasteiger partial charge in [-0.25, -0.2) is 8.42 Å². The topological polar surface area (TPSA) is 58.6 Å². The van der Waals surface area contributed by atoms with Crippen LogP contribution in [0.2, 0.25) is 0 Å². The molecule has 0 bridgehead atoms. The number of anilines is 1. The molecule has 21 heavy (non-hydrogen) atoms. The van der Waals surface area contributed by atoms with Gasteiger partial charge in [-0.3, -0.25) is 0 Å². The van der Waals surface area contributed by atoms with E-state index in [4.69, 9.17) is 4.74 Å². The van der Waals surface area contributed by atoms with Crippen LogP contribution in [0.4, 0.5) is 5.69 Å². The zero-order valence-electron chi connectivity index (χ0n) is 12.3. The molecule has 0 aliphatic carbocycles. The first-order valence-corrected chi connectivity index (χ1v) is 9.00. The minimum atomic E-state index is -3.44. The molecule has 1 unspecified atom stereocenters. The summed E-state index contributed by atoms with van der Waals surface area (Å²) in [6.07, 6.45) is 2.79. The second-order valence-electron chi connectivity index (χ2n) is 5.75. The lowest BCUT2D eigenvalue weighted by Gasteiger charge is -2.23. The molecule has 1 atom stereocenters. The summed E-state index contributed by atoms with van der Waals surface area (Å²) in [6, 6.07) is 5.45. The minimum absolute atomic E-state index is 0.0574. The van der Waals surface area contributed by atoms with Gasteiger partial charge in [0.15, 0.2) is 0 Å². The lowest BCUT2D eigenvalue weighted by Crippen LogP contribution is -2.36. The molecule has 2 heterocycles. The number of aryl methyl sites for hydroxylation is 1. The van der Waals surface area contributed by atoms with Gasteiger partial charge < -0.3 is 10.1 Å². The SMILES string of the molecule is CC1CN(S(=O)(=O)c2ccc3c(c2)NCCC3)CCCO1. The van der Waals surface area contributed by atoms with Crippen LogP contribution in [0.5, 0.6) is 0 Å². The van der Waals surface area contributed by atoms with E-state index in [-0.39, 0.29) is 6.10 Å². The highest BCUT2D eigenvalue weighted by atomic mass is 32.2. The predicted molar refractivity (Wildman–Crippen MR) is 82.0 cm³/mol. The number of benzene rings is 1. The number of rotatable bonds is 2. The molecule has 2 aliphatic heterocycles. The maximum Gasteiger partial charge on any atom is 0.243 e. The summed E-state index contributed by atoms with van der Waals surface area (Å²) in [4.78, 5) is 0.379. The van der Waals surface area contributed by atoms with Gasteiger partial charge >= 0.3 is 0 Å². The van der Waals surface area contributed by atoms with Gasteiger partial charge in [-0.05, 0) is 43.9 Å². The quantitative estimate of drug-likeness (QED) is 0.905. The van der Waals surface area contributed by atoms with E-state index in [1.807, 2.05) is 13.0 Å². The summed E-state index contributed by atoms with van der Waals surface area (Å²) in [6.45, 7) is 4.40. The van der Waals surface area contributed by atoms with Crippen LogP contribution in [-0.2, 0) is 21.2 Å². The Morgan fingerprint density at radius 3 is 3.05 bits per heavy atom. The number of sulfonamides is 1. The van der Waals surface area contributed by atoms with Gasteiger partial charge in [0.05, 0.1) is 11.0 Å². The fraction of sp³-hybridized carbons (Fsp3) is 0.600. The summed E-state index contributed by atoms with van der Waals surface area (Å²) < 4.78 is 32.7. The van der Waals surface area contributed by atoms with Gasteiger partial charge in [0.25, 0.3) is 0 Å². The molecular formula is C15H22N2O3S. The summed E-state index contributed by atoms with van der Waals surface area (Å²) in [5.41, 5.74) is 2.16. The molecule has 0 spiro atoms. The van der Waals surface area contributed by atoms with Crippen molar-refractivity contribution in [2.24, 2.45) is 0 Å². The van der Waals surface area contributed by atoms with Gasteiger partial charge in [-0.1, -0.05) is 6.07 Å². The van der Waals surface area contributed by atoms with E-state index in [9.17, 15) is 8.42 Å². The summed E-state index contributed by atoms with van der Waals surface area (Å²) in [5, 5.41) is 3.29. The highest BCUT2D eigenvalue weighted by molar-refractivity contribution is 7.89. The van der Waals surface area contributed by atoms with Crippen molar-refractivity contribution in [1.82, 2.24) is 4.31 Å². The van der Waals surface area contributed by atoms with Crippen molar-refractivity contribution >= 4 is 15.7 Å². The van der Waals surface area contributed by atoms with Crippen molar-refractivity contribution < 1.29 is 13.2 Å². The van der Waals surface area contributed by atoms with E-state index in [1.165, 1.54) is 5.56 Å². The van der Waals surface area contributed by atoms with Gasteiger partial charge in [-0.15, -0.1) is 0 Å². The summed E-state index contributed by atoms with van der Waals surface area (Å²) in [7, 11) is -3.44. The number of fused-ring (bicyclic) bond motifs is 1. The molecule has 5 nitrogen and oxygen atoms in total. The van der Waals surface area contributed by atoms with Crippen LogP contribution in [0.15, 0.2) is 23.1 Å². The second-order valence-corrected chi connectivity index (χ2v) is 7.69. The van der Waals surface area contributed by atoms with Gasteiger partial charge in [0.1, 0.15) is 0 Å². The molecule has 0 saturated carbocycles. The molecule has 1 N–H and O–H groups in total. The van der Waals surface area contributed by atoms with Gasteiger partial charge in [-0.2, -0.15) is 4.31 Å². The van der Waals surface area contributed by atoms with Crippen molar-refractivity contribution in [3.8, 4) is 0 Å². The number of nitrogens with one attached hydrogen (secondary N) is 1. The number of nitrogens with zero attached hydrogens (tertiary/aromatic N) is 1. The molecule has 1 aromatic rings. The molecule has 2 aliphatic rings. The molecule has 0 amide bonds. The highest BCUT2D eigenvalue weighted by Gasteiger charge is 2.28. The average molecular weight is 310 g/mol. The average Bonchev–Trinajstić information content (AvgIpc) is 2.72. The lowest BCUT2D eigenvalue weighted by molar-refractivity contribution is 0.0752. The molecule has 3 rings (SSSR count). The molecule has 6 heteroatoms. The van der Waals surface area contributed by atoms with Crippen LogP contribution < -0.4 is 5.32 Å². The monoisotopic (exact) mass is 310 g/mol. The molecular weight excluding hydrogens is 288 g/mol. The van der Waals surface area contributed by atoms with E-state index >= 15 is 0 Å². The Bertz CT molecular complexity index is 615. The van der Waals surface area contributed by atoms with Gasteiger partial charge in [0, 0.05) is 31.9 Å². The van der Waals surface area contributed by atoms with Crippen molar-refractivity contribution in [2.75, 3.05) is 31.6 Å². The Balaban J connectivity index is 1.90. The van der Waals surface area contributed by atoms with Crippen LogP contribution in [0.1, 0.15) is 25.3 Å². The first kappa shape index (κ1) is 14.8. The van der Waals surface area contributed by atoms with E-state index in [0.29, 0.717) is 24.6 Å². The normalized spacial score (nSPS) is 24.0. The Morgan fingerprint density at radius 2 is 2.19 bits per heavy atom. The van der Waals surface area contributed by atoms with Crippen LogP contribution in [0.25, 0.3) is 0 Å². The Kier molecular flexibility index (Phi) is 4.19. The van der Waals surface area contributed by atoms with Gasteiger partial charge in [0.2, 0.25) is 10.0 Å². The predicted octanol–water partition coefficient (Wildman–Crippen LogP) is 1.84. The maximum atomic E-state index is 12.8. The molecule has 1 fully saturated rings. The Hall–Kier alpha value is -1.11. The largest absolute Gasteiger partial charge is 0.385 e. The lowest BCUT2D eigenvalue weighted by atomic mass is 10.0. The smallest absolute Gasteiger partial charge is 0.243 e. The standard InChI is InChI=1S/C15H22N2O3S/c1-12-11-17(8-3-9-20-12)21(18,19)14-6-5-13-4-2-7-16-15(13)10-14/h5-6,10,12,16H,2-4,7-9,11H2,1H3. The van der Waals surface area contributed by atoms with Crippen LogP contribution in [-0.4, -0.2) is 45.1 Å². The third kappa shape index (κ3) is 3.07. The maximum absolute atomic E-state index is 12.8. The van der Waals surface area contributed by atoms with Crippen molar-refractivity contribution in [3.63, 3.8) is 0 Å². The zero-order valence-corrected chi connectivity index (χ0v) is 13.2. The van der Waals surface area contributed by atoms with E-state index < -0.39 is 10.0 Å². The van der Waals surface area contributed by atoms with Crippen LogP contribution in [0.3, 0.4) is 0 Å². The molecule has 116 valence electrons. The second kappa shape index (κ2) is 5.94. The highest BCUT2D eigenvalue weighted by Crippen LogP contribution is 2.27. The zero-order chi connectivity index (χ0) is 14.9. The van der Waals surface area contributed by atoms with E-state index in [2.05, 4.69) is 5.32 Å². The minimum Gasteiger partial charge on any atom is -0.385 e. The Morgan fingerprint density at radius 1 is 1.33 bits per heavy atom. The first-order valence-electron chi connectivity index (χ1n) is 7.56. The first-order chi connectivity index (χ1) is 10.1. The number of hydrogen-bond donors (Lipinski definition) is 1. The fourth-order valence-corrected chi connectivity index (χ4v) is 4.50. The number of ether oxygens (including phenoxy) is 1. The summed E-state index contributed by atoms with van der Waals surface area (Å²) in [5.74, 6) is 0. The number of hydrogen-bond acceptors (Lipinski definition) is 4. The fourth-order valence-electron chi connectivity index (χ4n) is 2.92. The van der Waals surface area contributed by atoms with Crippen molar-refractivity contribution in [2.45, 2.75) is 37.2 Å². The molecule has 0 aromatic heterocycles. The van der Waals surface area contributed by atoms with Crippen molar-refractivity contribution in [1.29, 1.82) is 0 Å². The van der Waals surface area contributed by atoms with E-state index in [1.54, 1.807) is 16.4 Å².